The normalized spacial score (nSPS) is 20.6. The molecular weight excluding hydrogens is 316 g/mol. The fourth-order valence-electron chi connectivity index (χ4n) is 3.91. The lowest BCUT2D eigenvalue weighted by Gasteiger charge is -2.33. The number of anilines is 1. The van der Waals surface area contributed by atoms with Crippen LogP contribution in [0.2, 0.25) is 0 Å². The first-order valence-corrected chi connectivity index (χ1v) is 8.99. The second-order valence-electron chi connectivity index (χ2n) is 6.87. The SMILES string of the molecule is N#Cc1c(N2CCCC(C(=O)O)C2)nc2c(c1C#N)CCCCCC2. The van der Waals surface area contributed by atoms with Crippen LogP contribution in [0, 0.1) is 28.6 Å². The molecule has 1 aliphatic heterocycles. The van der Waals surface area contributed by atoms with E-state index in [1.54, 1.807) is 0 Å². The maximum absolute atomic E-state index is 11.4. The number of hydrogen-bond acceptors (Lipinski definition) is 5. The van der Waals surface area contributed by atoms with E-state index in [4.69, 9.17) is 4.98 Å². The Morgan fingerprint density at radius 3 is 2.48 bits per heavy atom. The van der Waals surface area contributed by atoms with Crippen molar-refractivity contribution in [1.82, 2.24) is 4.98 Å². The molecule has 1 aliphatic carbocycles. The van der Waals surface area contributed by atoms with E-state index >= 15 is 0 Å². The van der Waals surface area contributed by atoms with Gasteiger partial charge < -0.3 is 10.0 Å². The third-order valence-electron chi connectivity index (χ3n) is 5.25. The summed E-state index contributed by atoms with van der Waals surface area (Å²) in [6.07, 6.45) is 7.35. The van der Waals surface area contributed by atoms with E-state index in [9.17, 15) is 20.4 Å². The number of rotatable bonds is 2. The molecule has 1 aromatic rings. The number of hydrogen-bond donors (Lipinski definition) is 1. The molecule has 1 aromatic heterocycles. The molecule has 0 bridgehead atoms. The summed E-state index contributed by atoms with van der Waals surface area (Å²) < 4.78 is 0. The number of piperidine rings is 1. The monoisotopic (exact) mass is 338 g/mol. The maximum atomic E-state index is 11.4. The predicted molar refractivity (Wildman–Crippen MR) is 92.1 cm³/mol. The molecule has 6 heteroatoms. The number of carboxylic acid groups (broad SMARTS) is 1. The molecule has 3 rings (SSSR count). The molecule has 130 valence electrons. The van der Waals surface area contributed by atoms with Gasteiger partial charge in [-0.05, 0) is 44.1 Å². The Balaban J connectivity index is 2.07. The molecule has 25 heavy (non-hydrogen) atoms. The van der Waals surface area contributed by atoms with Gasteiger partial charge in [0.25, 0.3) is 0 Å². The Hall–Kier alpha value is -2.60. The van der Waals surface area contributed by atoms with E-state index in [0.717, 1.165) is 56.2 Å². The summed E-state index contributed by atoms with van der Waals surface area (Å²) >= 11 is 0. The second kappa shape index (κ2) is 7.53. The average molecular weight is 338 g/mol. The van der Waals surface area contributed by atoms with Crippen LogP contribution >= 0.6 is 0 Å². The highest BCUT2D eigenvalue weighted by Gasteiger charge is 2.30. The summed E-state index contributed by atoms with van der Waals surface area (Å²) in [6, 6.07) is 4.40. The summed E-state index contributed by atoms with van der Waals surface area (Å²) in [5.74, 6) is -0.756. The van der Waals surface area contributed by atoms with Gasteiger partial charge in [-0.1, -0.05) is 12.8 Å². The zero-order chi connectivity index (χ0) is 17.8. The molecule has 0 radical (unpaired) electrons. The van der Waals surface area contributed by atoms with Gasteiger partial charge in [-0.2, -0.15) is 10.5 Å². The molecule has 2 aliphatic rings. The summed E-state index contributed by atoms with van der Waals surface area (Å²) in [5.41, 5.74) is 2.60. The fraction of sp³-hybridized carbons (Fsp3) is 0.579. The Bertz CT molecular complexity index is 760. The summed E-state index contributed by atoms with van der Waals surface area (Å²) in [6.45, 7) is 1.02. The molecular formula is C19H22N4O2. The molecule has 6 nitrogen and oxygen atoms in total. The number of aryl methyl sites for hydroxylation is 1. The Labute approximate surface area is 147 Å². The van der Waals surface area contributed by atoms with Gasteiger partial charge in [-0.15, -0.1) is 0 Å². The van der Waals surface area contributed by atoms with Gasteiger partial charge in [0.15, 0.2) is 0 Å². The highest BCUT2D eigenvalue weighted by molar-refractivity contribution is 5.72. The lowest BCUT2D eigenvalue weighted by molar-refractivity contribution is -0.141. The van der Waals surface area contributed by atoms with Crippen molar-refractivity contribution in [3.05, 3.63) is 22.4 Å². The standard InChI is InChI=1S/C19H22N4O2/c20-10-15-14-7-3-1-2-4-8-17(14)22-18(16(15)11-21)23-9-5-6-13(12-23)19(24)25/h13H,1-9,12H2,(H,24,25). The van der Waals surface area contributed by atoms with Gasteiger partial charge >= 0.3 is 5.97 Å². The minimum absolute atomic E-state index is 0.313. The van der Waals surface area contributed by atoms with Gasteiger partial charge in [-0.25, -0.2) is 4.98 Å². The van der Waals surface area contributed by atoms with E-state index in [2.05, 4.69) is 12.1 Å². The number of fused-ring (bicyclic) bond motifs is 1. The lowest BCUT2D eigenvalue weighted by atomic mass is 9.91. The topological polar surface area (TPSA) is 101 Å². The van der Waals surface area contributed by atoms with Crippen molar-refractivity contribution in [1.29, 1.82) is 10.5 Å². The smallest absolute Gasteiger partial charge is 0.308 e. The van der Waals surface area contributed by atoms with E-state index in [1.165, 1.54) is 0 Å². The largest absolute Gasteiger partial charge is 0.481 e. The van der Waals surface area contributed by atoms with Gasteiger partial charge in [0.2, 0.25) is 0 Å². The van der Waals surface area contributed by atoms with Crippen LogP contribution in [0.4, 0.5) is 5.82 Å². The number of aromatic nitrogens is 1. The summed E-state index contributed by atoms with van der Waals surface area (Å²) in [7, 11) is 0. The number of carboxylic acids is 1. The number of nitrogens with zero attached hydrogens (tertiary/aromatic N) is 4. The van der Waals surface area contributed by atoms with Crippen molar-refractivity contribution in [3.63, 3.8) is 0 Å². The van der Waals surface area contributed by atoms with Crippen molar-refractivity contribution in [2.24, 2.45) is 5.92 Å². The van der Waals surface area contributed by atoms with Crippen LogP contribution in [-0.4, -0.2) is 29.1 Å². The van der Waals surface area contributed by atoms with Crippen LogP contribution < -0.4 is 4.90 Å². The molecule has 1 N–H and O–H groups in total. The van der Waals surface area contributed by atoms with Crippen molar-refractivity contribution >= 4 is 11.8 Å². The third kappa shape index (κ3) is 3.44. The van der Waals surface area contributed by atoms with Crippen LogP contribution in [-0.2, 0) is 17.6 Å². The minimum atomic E-state index is -0.810. The van der Waals surface area contributed by atoms with Crippen LogP contribution in [0.25, 0.3) is 0 Å². The van der Waals surface area contributed by atoms with Crippen molar-refractivity contribution in [2.45, 2.75) is 51.4 Å². The van der Waals surface area contributed by atoms with Gasteiger partial charge in [-0.3, -0.25) is 4.79 Å². The number of pyridine rings is 1. The van der Waals surface area contributed by atoms with Crippen LogP contribution in [0.5, 0.6) is 0 Å². The summed E-state index contributed by atoms with van der Waals surface area (Å²) in [4.78, 5) is 18.0. The molecule has 2 heterocycles. The fourth-order valence-corrected chi connectivity index (χ4v) is 3.91. The molecule has 0 saturated carbocycles. The van der Waals surface area contributed by atoms with E-state index in [0.29, 0.717) is 36.5 Å². The minimum Gasteiger partial charge on any atom is -0.481 e. The van der Waals surface area contributed by atoms with E-state index in [1.807, 2.05) is 4.90 Å². The quantitative estimate of drug-likeness (QED) is 0.890. The van der Waals surface area contributed by atoms with Crippen molar-refractivity contribution in [3.8, 4) is 12.1 Å². The number of nitriles is 2. The first-order valence-electron chi connectivity index (χ1n) is 8.99. The molecule has 0 spiro atoms. The Morgan fingerprint density at radius 1 is 1.08 bits per heavy atom. The predicted octanol–water partition coefficient (Wildman–Crippen LogP) is 2.78. The maximum Gasteiger partial charge on any atom is 0.308 e. The highest BCUT2D eigenvalue weighted by atomic mass is 16.4. The van der Waals surface area contributed by atoms with Crippen molar-refractivity contribution < 1.29 is 9.90 Å². The van der Waals surface area contributed by atoms with Gasteiger partial charge in [0, 0.05) is 18.8 Å². The molecule has 0 aromatic carbocycles. The van der Waals surface area contributed by atoms with Crippen molar-refractivity contribution in [2.75, 3.05) is 18.0 Å². The lowest BCUT2D eigenvalue weighted by Crippen LogP contribution is -2.40. The van der Waals surface area contributed by atoms with Gasteiger partial charge in [0.05, 0.1) is 11.5 Å². The van der Waals surface area contributed by atoms with Gasteiger partial charge in [0.1, 0.15) is 23.5 Å². The molecule has 1 saturated heterocycles. The molecule has 1 atom stereocenters. The van der Waals surface area contributed by atoms with Crippen LogP contribution in [0.15, 0.2) is 0 Å². The highest BCUT2D eigenvalue weighted by Crippen LogP contribution is 2.32. The summed E-state index contributed by atoms with van der Waals surface area (Å²) in [5, 5.41) is 28.7. The average Bonchev–Trinajstić information content (AvgIpc) is 2.61. The number of aliphatic carboxylic acids is 1. The van der Waals surface area contributed by atoms with E-state index in [-0.39, 0.29) is 0 Å². The van der Waals surface area contributed by atoms with Crippen LogP contribution in [0.1, 0.15) is 60.9 Å². The Kier molecular flexibility index (Phi) is 5.19. The first-order chi connectivity index (χ1) is 12.2. The first kappa shape index (κ1) is 17.2. The zero-order valence-corrected chi connectivity index (χ0v) is 14.3. The zero-order valence-electron chi connectivity index (χ0n) is 14.3. The molecule has 1 unspecified atom stereocenters. The number of carbonyl (C=O) groups is 1. The second-order valence-corrected chi connectivity index (χ2v) is 6.87. The molecule has 1 fully saturated rings. The Morgan fingerprint density at radius 2 is 1.80 bits per heavy atom. The van der Waals surface area contributed by atoms with E-state index < -0.39 is 11.9 Å². The van der Waals surface area contributed by atoms with Crippen LogP contribution in [0.3, 0.4) is 0 Å². The third-order valence-corrected chi connectivity index (χ3v) is 5.25. The molecule has 0 amide bonds.